The summed E-state index contributed by atoms with van der Waals surface area (Å²) in [5.41, 5.74) is 0.478. The van der Waals surface area contributed by atoms with Crippen LogP contribution in [0.5, 0.6) is 0 Å². The molecule has 1 aliphatic heterocycles. The molecule has 0 spiro atoms. The van der Waals surface area contributed by atoms with E-state index in [0.717, 1.165) is 25.1 Å². The van der Waals surface area contributed by atoms with Crippen molar-refractivity contribution in [2.75, 3.05) is 12.3 Å². The van der Waals surface area contributed by atoms with Gasteiger partial charge in [-0.2, -0.15) is 5.26 Å². The minimum absolute atomic E-state index is 0.162. The zero-order valence-electron chi connectivity index (χ0n) is 12.4. The highest BCUT2D eigenvalue weighted by Gasteiger charge is 2.14. The lowest BCUT2D eigenvalue weighted by molar-refractivity contribution is 0.394. The van der Waals surface area contributed by atoms with Crippen molar-refractivity contribution in [1.29, 1.82) is 5.26 Å². The summed E-state index contributed by atoms with van der Waals surface area (Å²) in [7, 11) is 0. The quantitative estimate of drug-likeness (QED) is 0.622. The number of H-pyrrole nitrogens is 1. The maximum atomic E-state index is 11.9. The summed E-state index contributed by atoms with van der Waals surface area (Å²) in [5, 5.41) is 13.2. The molecule has 21 heavy (non-hydrogen) atoms. The van der Waals surface area contributed by atoms with Crippen molar-refractivity contribution < 1.29 is 0 Å². The normalized spacial score (nSPS) is 18.4. The third-order valence-corrected chi connectivity index (χ3v) is 4.60. The van der Waals surface area contributed by atoms with Crippen LogP contribution in [0.4, 0.5) is 0 Å². The van der Waals surface area contributed by atoms with Gasteiger partial charge >= 0.3 is 0 Å². The van der Waals surface area contributed by atoms with E-state index in [1.54, 1.807) is 11.8 Å². The number of hydrogen-bond acceptors (Lipinski definition) is 5. The van der Waals surface area contributed by atoms with Gasteiger partial charge in [0, 0.05) is 11.8 Å². The Hall–Kier alpha value is -1.32. The van der Waals surface area contributed by atoms with Gasteiger partial charge in [0.15, 0.2) is 5.16 Å². The number of aromatic amines is 1. The van der Waals surface area contributed by atoms with E-state index in [-0.39, 0.29) is 11.1 Å². The number of nitrogens with zero attached hydrogens (tertiary/aromatic N) is 2. The summed E-state index contributed by atoms with van der Waals surface area (Å²) in [6.45, 7) is 3.13. The van der Waals surface area contributed by atoms with Crippen LogP contribution in [0.2, 0.25) is 0 Å². The van der Waals surface area contributed by atoms with E-state index in [0.29, 0.717) is 23.3 Å². The van der Waals surface area contributed by atoms with Gasteiger partial charge in [-0.15, -0.1) is 0 Å². The van der Waals surface area contributed by atoms with Gasteiger partial charge in [0.1, 0.15) is 11.6 Å². The molecule has 114 valence electrons. The van der Waals surface area contributed by atoms with Gasteiger partial charge in [-0.25, -0.2) is 4.98 Å². The maximum Gasteiger partial charge on any atom is 0.269 e. The van der Waals surface area contributed by atoms with E-state index >= 15 is 0 Å². The number of nitriles is 1. The van der Waals surface area contributed by atoms with Crippen molar-refractivity contribution in [1.82, 2.24) is 15.3 Å². The van der Waals surface area contributed by atoms with Crippen LogP contribution < -0.4 is 10.9 Å². The molecule has 0 aromatic carbocycles. The second-order valence-corrected chi connectivity index (χ2v) is 6.42. The Labute approximate surface area is 129 Å². The highest BCUT2D eigenvalue weighted by atomic mass is 32.2. The van der Waals surface area contributed by atoms with Gasteiger partial charge in [0.25, 0.3) is 5.56 Å². The first kappa shape index (κ1) is 16.1. The van der Waals surface area contributed by atoms with Crippen molar-refractivity contribution in [2.45, 2.75) is 56.6 Å². The minimum atomic E-state index is -0.311. The first-order valence-electron chi connectivity index (χ1n) is 7.64. The molecule has 2 N–H and O–H groups in total. The van der Waals surface area contributed by atoms with E-state index < -0.39 is 0 Å². The van der Waals surface area contributed by atoms with Gasteiger partial charge < -0.3 is 10.3 Å². The number of hydrogen-bond donors (Lipinski definition) is 2. The SMILES string of the molecule is CCCc1nc(SCCC2CCCCN2)[nH]c(=O)c1C#N. The Bertz CT molecular complexity index is 558. The highest BCUT2D eigenvalue weighted by Crippen LogP contribution is 2.18. The second-order valence-electron chi connectivity index (χ2n) is 5.34. The lowest BCUT2D eigenvalue weighted by Crippen LogP contribution is -2.34. The van der Waals surface area contributed by atoms with Crippen LogP contribution in [0.25, 0.3) is 0 Å². The molecule has 0 saturated carbocycles. The number of piperidine rings is 1. The smallest absolute Gasteiger partial charge is 0.269 e. The molecule has 0 aliphatic carbocycles. The van der Waals surface area contributed by atoms with Gasteiger partial charge in [0.2, 0.25) is 0 Å². The van der Waals surface area contributed by atoms with E-state index in [4.69, 9.17) is 5.26 Å². The lowest BCUT2D eigenvalue weighted by atomic mass is 10.0. The molecule has 1 fully saturated rings. The van der Waals surface area contributed by atoms with E-state index in [1.165, 1.54) is 19.3 Å². The highest BCUT2D eigenvalue weighted by molar-refractivity contribution is 7.99. The van der Waals surface area contributed by atoms with Crippen LogP contribution in [-0.2, 0) is 6.42 Å². The Morgan fingerprint density at radius 1 is 1.48 bits per heavy atom. The molecule has 6 heteroatoms. The van der Waals surface area contributed by atoms with Crippen molar-refractivity contribution in [2.24, 2.45) is 0 Å². The molecule has 1 aromatic rings. The molecule has 1 aliphatic rings. The fraction of sp³-hybridized carbons (Fsp3) is 0.667. The summed E-state index contributed by atoms with van der Waals surface area (Å²) in [6.07, 6.45) is 6.44. The topological polar surface area (TPSA) is 81.6 Å². The molecule has 0 amide bonds. The van der Waals surface area contributed by atoms with E-state index in [9.17, 15) is 4.79 Å². The Kier molecular flexibility index (Phi) is 6.27. The van der Waals surface area contributed by atoms with Crippen molar-refractivity contribution in [3.05, 3.63) is 21.6 Å². The summed E-state index contributed by atoms with van der Waals surface area (Å²) in [4.78, 5) is 19.0. The van der Waals surface area contributed by atoms with Gasteiger partial charge in [-0.3, -0.25) is 4.79 Å². The Morgan fingerprint density at radius 3 is 3.00 bits per heavy atom. The van der Waals surface area contributed by atoms with Crippen molar-refractivity contribution in [3.63, 3.8) is 0 Å². The fourth-order valence-electron chi connectivity index (χ4n) is 2.57. The monoisotopic (exact) mass is 306 g/mol. The lowest BCUT2D eigenvalue weighted by Gasteiger charge is -2.22. The zero-order chi connectivity index (χ0) is 15.1. The van der Waals surface area contributed by atoms with Gasteiger partial charge in [-0.05, 0) is 32.2 Å². The minimum Gasteiger partial charge on any atom is -0.314 e. The first-order chi connectivity index (χ1) is 10.2. The predicted octanol–water partition coefficient (Wildman–Crippen LogP) is 2.22. The van der Waals surface area contributed by atoms with Crippen LogP contribution in [-0.4, -0.2) is 28.3 Å². The average Bonchev–Trinajstić information content (AvgIpc) is 2.48. The largest absolute Gasteiger partial charge is 0.314 e. The molecule has 5 nitrogen and oxygen atoms in total. The molecule has 0 radical (unpaired) electrons. The number of aryl methyl sites for hydroxylation is 1. The first-order valence-corrected chi connectivity index (χ1v) is 8.62. The predicted molar refractivity (Wildman–Crippen MR) is 84.6 cm³/mol. The molecule has 1 unspecified atom stereocenters. The number of nitrogens with one attached hydrogen (secondary N) is 2. The Balaban J connectivity index is 1.96. The van der Waals surface area contributed by atoms with Crippen molar-refractivity contribution in [3.8, 4) is 6.07 Å². The number of aromatic nitrogens is 2. The summed E-state index contributed by atoms with van der Waals surface area (Å²) >= 11 is 1.57. The van der Waals surface area contributed by atoms with Crippen LogP contribution in [0.3, 0.4) is 0 Å². The Morgan fingerprint density at radius 2 is 2.33 bits per heavy atom. The summed E-state index contributed by atoms with van der Waals surface area (Å²) in [5.74, 6) is 0.929. The fourth-order valence-corrected chi connectivity index (χ4v) is 3.50. The molecule has 0 bridgehead atoms. The zero-order valence-corrected chi connectivity index (χ0v) is 13.3. The van der Waals surface area contributed by atoms with Crippen LogP contribution >= 0.6 is 11.8 Å². The maximum absolute atomic E-state index is 11.9. The molecule has 1 atom stereocenters. The summed E-state index contributed by atoms with van der Waals surface area (Å²) < 4.78 is 0. The third-order valence-electron chi connectivity index (χ3n) is 3.69. The number of thioether (sulfide) groups is 1. The molecule has 1 aromatic heterocycles. The average molecular weight is 306 g/mol. The summed E-state index contributed by atoms with van der Waals surface area (Å²) in [6, 6.07) is 2.55. The molecule has 2 rings (SSSR count). The van der Waals surface area contributed by atoms with E-state index in [1.807, 2.05) is 13.0 Å². The van der Waals surface area contributed by atoms with Crippen LogP contribution in [0, 0.1) is 11.3 Å². The van der Waals surface area contributed by atoms with Gasteiger partial charge in [0.05, 0.1) is 5.69 Å². The van der Waals surface area contributed by atoms with Crippen LogP contribution in [0.1, 0.15) is 50.3 Å². The third kappa shape index (κ3) is 4.58. The molecular weight excluding hydrogens is 284 g/mol. The van der Waals surface area contributed by atoms with E-state index in [2.05, 4.69) is 15.3 Å². The molecule has 2 heterocycles. The van der Waals surface area contributed by atoms with Gasteiger partial charge in [-0.1, -0.05) is 31.5 Å². The van der Waals surface area contributed by atoms with Crippen LogP contribution in [0.15, 0.2) is 9.95 Å². The molecular formula is C15H22N4OS. The number of rotatable bonds is 6. The van der Waals surface area contributed by atoms with Crippen molar-refractivity contribution >= 4 is 11.8 Å². The standard InChI is InChI=1S/C15H22N4OS/c1-2-5-13-12(10-16)14(20)19-15(18-13)21-9-7-11-6-3-4-8-17-11/h11,17H,2-9H2,1H3,(H,18,19,20). The molecule has 1 saturated heterocycles. The second kappa shape index (κ2) is 8.20.